The molecule has 31 heavy (non-hydrogen) atoms. The largest absolute Gasteiger partial charge is 0.305 e. The second kappa shape index (κ2) is 6.77. The van der Waals surface area contributed by atoms with Crippen molar-refractivity contribution in [3.05, 3.63) is 71.7 Å². The van der Waals surface area contributed by atoms with Gasteiger partial charge < -0.3 is 5.32 Å². The van der Waals surface area contributed by atoms with E-state index in [0.717, 1.165) is 16.9 Å². The molecule has 0 fully saturated rings. The number of hydrogen-bond donors (Lipinski definition) is 2. The van der Waals surface area contributed by atoms with Crippen molar-refractivity contribution in [2.45, 2.75) is 18.7 Å². The quantitative estimate of drug-likeness (QED) is 0.509. The molecular formula is C20H17N7O3S. The maximum Gasteiger partial charge on any atom is 0.266 e. The lowest BCUT2D eigenvalue weighted by molar-refractivity contribution is 0.102. The van der Waals surface area contributed by atoms with E-state index in [-0.39, 0.29) is 16.4 Å². The van der Waals surface area contributed by atoms with E-state index in [0.29, 0.717) is 11.5 Å². The maximum absolute atomic E-state index is 12.8. The summed E-state index contributed by atoms with van der Waals surface area (Å²) in [6.07, 6.45) is 1.25. The fraction of sp³-hybridized carbons (Fsp3) is 0.100. The molecule has 11 heteroatoms. The molecule has 10 nitrogen and oxygen atoms in total. The fourth-order valence-corrected chi connectivity index (χ4v) is 4.58. The molecule has 0 unspecified atom stereocenters. The van der Waals surface area contributed by atoms with E-state index in [4.69, 9.17) is 0 Å². The van der Waals surface area contributed by atoms with Crippen LogP contribution in [0.1, 0.15) is 21.6 Å². The Morgan fingerprint density at radius 2 is 1.81 bits per heavy atom. The highest BCUT2D eigenvalue weighted by atomic mass is 32.2. The minimum Gasteiger partial charge on any atom is -0.305 e. The number of sulfonamides is 1. The van der Waals surface area contributed by atoms with Crippen LogP contribution in [0.15, 0.2) is 59.8 Å². The highest BCUT2D eigenvalue weighted by Crippen LogP contribution is 2.29. The minimum atomic E-state index is -3.87. The number of fused-ring (bicyclic) bond motifs is 3. The summed E-state index contributed by atoms with van der Waals surface area (Å²) >= 11 is 0. The molecule has 4 aromatic rings. The van der Waals surface area contributed by atoms with Crippen LogP contribution in [0.2, 0.25) is 0 Å². The molecule has 5 rings (SSSR count). The van der Waals surface area contributed by atoms with Crippen molar-refractivity contribution in [3.8, 4) is 11.4 Å². The molecule has 2 aromatic heterocycles. The molecular weight excluding hydrogens is 418 g/mol. The zero-order valence-electron chi connectivity index (χ0n) is 16.6. The molecule has 2 N–H and O–H groups in total. The van der Waals surface area contributed by atoms with Crippen molar-refractivity contribution in [1.29, 1.82) is 0 Å². The van der Waals surface area contributed by atoms with Crippen LogP contribution < -0.4 is 10.0 Å². The highest BCUT2D eigenvalue weighted by molar-refractivity contribution is 7.93. The molecule has 156 valence electrons. The van der Waals surface area contributed by atoms with E-state index in [1.54, 1.807) is 10.7 Å². The Kier molecular flexibility index (Phi) is 4.15. The van der Waals surface area contributed by atoms with E-state index in [2.05, 4.69) is 25.2 Å². The Bertz CT molecular complexity index is 1440. The van der Waals surface area contributed by atoms with Gasteiger partial charge in [0.1, 0.15) is 11.2 Å². The lowest BCUT2D eigenvalue weighted by Gasteiger charge is -2.19. The third kappa shape index (κ3) is 3.24. The first-order valence-corrected chi connectivity index (χ1v) is 10.8. The second-order valence-corrected chi connectivity index (χ2v) is 8.81. The number of rotatable bonds is 3. The van der Waals surface area contributed by atoms with Crippen molar-refractivity contribution < 1.29 is 13.2 Å². The number of carbonyl (C=O) groups is 1. The first-order valence-electron chi connectivity index (χ1n) is 9.34. The van der Waals surface area contributed by atoms with Crippen LogP contribution in [0.4, 0.5) is 11.8 Å². The van der Waals surface area contributed by atoms with Crippen LogP contribution in [0.25, 0.3) is 11.4 Å². The Morgan fingerprint density at radius 1 is 1.03 bits per heavy atom. The number of nitrogens with one attached hydrogen (secondary N) is 2. The van der Waals surface area contributed by atoms with Crippen molar-refractivity contribution in [1.82, 2.24) is 24.5 Å². The van der Waals surface area contributed by atoms with Crippen LogP contribution >= 0.6 is 0 Å². The Labute approximate surface area is 177 Å². The molecule has 0 radical (unpaired) electrons. The summed E-state index contributed by atoms with van der Waals surface area (Å²) in [5, 5.41) is 11.2. The molecule has 0 saturated heterocycles. The molecule has 0 saturated carbocycles. The molecule has 0 spiro atoms. The van der Waals surface area contributed by atoms with Crippen LogP contribution in [-0.4, -0.2) is 38.9 Å². The number of aromatic nitrogens is 5. The Hall–Kier alpha value is -3.99. The average molecular weight is 435 g/mol. The van der Waals surface area contributed by atoms with Gasteiger partial charge in [-0.05, 0) is 44.2 Å². The number of amides is 1. The number of hydrogen-bond acceptors (Lipinski definition) is 6. The van der Waals surface area contributed by atoms with E-state index < -0.39 is 15.9 Å². The molecule has 2 aromatic carbocycles. The third-order valence-electron chi connectivity index (χ3n) is 4.92. The van der Waals surface area contributed by atoms with Crippen molar-refractivity contribution >= 4 is 27.7 Å². The van der Waals surface area contributed by atoms with Gasteiger partial charge in [0.25, 0.3) is 15.9 Å². The number of benzene rings is 2. The van der Waals surface area contributed by atoms with Gasteiger partial charge in [-0.15, -0.1) is 5.10 Å². The minimum absolute atomic E-state index is 0.0560. The monoisotopic (exact) mass is 435 g/mol. The van der Waals surface area contributed by atoms with E-state index in [1.807, 2.05) is 38.1 Å². The molecule has 0 bridgehead atoms. The van der Waals surface area contributed by atoms with Crippen LogP contribution in [0, 0.1) is 13.8 Å². The van der Waals surface area contributed by atoms with Gasteiger partial charge in [0.05, 0.1) is 11.4 Å². The molecule has 0 atom stereocenters. The normalized spacial score (nSPS) is 13.7. The van der Waals surface area contributed by atoms with Gasteiger partial charge >= 0.3 is 0 Å². The SMILES string of the molecule is Cc1ccc(-n2nc(NC(=O)c3ccc4c(c3)S(=O)(=O)Nc3ncnn3-4)cc2C)cc1. The molecule has 1 amide bonds. The average Bonchev–Trinajstić information content (AvgIpc) is 3.34. The number of carbonyl (C=O) groups excluding carboxylic acids is 1. The van der Waals surface area contributed by atoms with E-state index in [1.165, 1.54) is 29.2 Å². The summed E-state index contributed by atoms with van der Waals surface area (Å²) in [5.74, 6) is -0.0156. The number of aryl methyl sites for hydroxylation is 2. The van der Waals surface area contributed by atoms with Gasteiger partial charge in [0, 0.05) is 17.3 Å². The molecule has 1 aliphatic heterocycles. The first kappa shape index (κ1) is 19.0. The lowest BCUT2D eigenvalue weighted by Crippen LogP contribution is -2.24. The van der Waals surface area contributed by atoms with Gasteiger partial charge in [0.15, 0.2) is 5.82 Å². The van der Waals surface area contributed by atoms with Crippen LogP contribution in [0.3, 0.4) is 0 Å². The van der Waals surface area contributed by atoms with Crippen LogP contribution in [0.5, 0.6) is 0 Å². The standard InChI is InChI=1S/C20H17N7O3S/c1-12-3-6-15(7-4-12)26-13(2)9-18(24-26)23-19(28)14-5-8-16-17(10-14)31(29,30)25-20-21-11-22-27(16)20/h3-11H,1-2H3,(H,21,22,25)(H,23,24,28). The molecule has 1 aliphatic rings. The Balaban J connectivity index is 1.45. The van der Waals surface area contributed by atoms with Gasteiger partial charge in [-0.2, -0.15) is 14.8 Å². The number of nitrogens with zero attached hydrogens (tertiary/aromatic N) is 5. The second-order valence-electron chi connectivity index (χ2n) is 7.16. The smallest absolute Gasteiger partial charge is 0.266 e. The topological polar surface area (TPSA) is 124 Å². The summed E-state index contributed by atoms with van der Waals surface area (Å²) in [6.45, 7) is 3.89. The van der Waals surface area contributed by atoms with E-state index >= 15 is 0 Å². The summed E-state index contributed by atoms with van der Waals surface area (Å²) in [4.78, 5) is 16.6. The van der Waals surface area contributed by atoms with E-state index in [9.17, 15) is 13.2 Å². The molecule has 3 heterocycles. The zero-order valence-corrected chi connectivity index (χ0v) is 17.4. The zero-order chi connectivity index (χ0) is 21.8. The highest BCUT2D eigenvalue weighted by Gasteiger charge is 2.30. The first-order chi connectivity index (χ1) is 14.8. The lowest BCUT2D eigenvalue weighted by atomic mass is 10.2. The van der Waals surface area contributed by atoms with Gasteiger partial charge in [-0.3, -0.25) is 4.79 Å². The summed E-state index contributed by atoms with van der Waals surface area (Å²) < 4.78 is 30.5. The van der Waals surface area contributed by atoms with Gasteiger partial charge in [-0.1, -0.05) is 17.7 Å². The van der Waals surface area contributed by atoms with Crippen molar-refractivity contribution in [3.63, 3.8) is 0 Å². The number of anilines is 2. The van der Waals surface area contributed by atoms with Gasteiger partial charge in [-0.25, -0.2) is 17.8 Å². The van der Waals surface area contributed by atoms with Crippen molar-refractivity contribution in [2.75, 3.05) is 10.0 Å². The fourth-order valence-electron chi connectivity index (χ4n) is 3.38. The predicted octanol–water partition coefficient (Wildman–Crippen LogP) is 2.44. The summed E-state index contributed by atoms with van der Waals surface area (Å²) in [6, 6.07) is 14.0. The summed E-state index contributed by atoms with van der Waals surface area (Å²) in [5.41, 5.74) is 3.35. The van der Waals surface area contributed by atoms with Crippen LogP contribution in [-0.2, 0) is 10.0 Å². The third-order valence-corrected chi connectivity index (χ3v) is 6.28. The Morgan fingerprint density at radius 3 is 2.58 bits per heavy atom. The maximum atomic E-state index is 12.8. The summed E-state index contributed by atoms with van der Waals surface area (Å²) in [7, 11) is -3.87. The van der Waals surface area contributed by atoms with Crippen molar-refractivity contribution in [2.24, 2.45) is 0 Å². The predicted molar refractivity (Wildman–Crippen MR) is 113 cm³/mol. The van der Waals surface area contributed by atoms with Gasteiger partial charge in [0.2, 0.25) is 5.95 Å². The molecule has 0 aliphatic carbocycles.